The lowest BCUT2D eigenvalue weighted by atomic mass is 10.4. The van der Waals surface area contributed by atoms with Crippen LogP contribution in [0.25, 0.3) is 5.65 Å². The molecule has 4 heteroatoms. The first-order chi connectivity index (χ1) is 5.27. The van der Waals surface area contributed by atoms with Gasteiger partial charge in [0.2, 0.25) is 5.28 Å². The molecule has 0 aliphatic heterocycles. The molecule has 2 heterocycles. The van der Waals surface area contributed by atoms with Gasteiger partial charge in [-0.15, -0.1) is 5.10 Å². The second kappa shape index (κ2) is 2.20. The Labute approximate surface area is 68.6 Å². The summed E-state index contributed by atoms with van der Waals surface area (Å²) in [5.41, 5.74) is 1.82. The number of halogens is 1. The second-order valence-corrected chi connectivity index (χ2v) is 2.66. The Hall–Kier alpha value is -1.09. The summed E-state index contributed by atoms with van der Waals surface area (Å²) in [5, 5.41) is 4.27. The van der Waals surface area contributed by atoms with E-state index in [1.165, 1.54) is 0 Å². The minimum atomic E-state index is 0.291. The summed E-state index contributed by atoms with van der Waals surface area (Å²) in [7, 11) is 0. The van der Waals surface area contributed by atoms with E-state index in [0.717, 1.165) is 11.3 Å². The molecule has 0 aromatic carbocycles. The van der Waals surface area contributed by atoms with Crippen LogP contribution in [0.3, 0.4) is 0 Å². The summed E-state index contributed by atoms with van der Waals surface area (Å²) in [6.07, 6.45) is 0. The third-order valence-electron chi connectivity index (χ3n) is 1.52. The van der Waals surface area contributed by atoms with E-state index < -0.39 is 0 Å². The molecule has 2 rings (SSSR count). The van der Waals surface area contributed by atoms with Crippen molar-refractivity contribution in [2.75, 3.05) is 0 Å². The zero-order valence-electron chi connectivity index (χ0n) is 5.95. The summed E-state index contributed by atoms with van der Waals surface area (Å²) in [5.74, 6) is 0. The number of rotatable bonds is 0. The summed E-state index contributed by atoms with van der Waals surface area (Å²) < 4.78 is 1.71. The Morgan fingerprint density at radius 1 is 1.45 bits per heavy atom. The molecule has 2 aromatic rings. The summed E-state index contributed by atoms with van der Waals surface area (Å²) in [6, 6.07) is 5.75. The van der Waals surface area contributed by atoms with Crippen LogP contribution in [-0.2, 0) is 0 Å². The van der Waals surface area contributed by atoms with Gasteiger partial charge in [-0.3, -0.25) is 0 Å². The highest BCUT2D eigenvalue weighted by Gasteiger charge is 2.00. The highest BCUT2D eigenvalue weighted by Crippen LogP contribution is 2.07. The first-order valence-electron chi connectivity index (χ1n) is 3.25. The van der Waals surface area contributed by atoms with Crippen LogP contribution in [0.5, 0.6) is 0 Å². The zero-order chi connectivity index (χ0) is 7.84. The number of pyridine rings is 1. The first kappa shape index (κ1) is 6.61. The Balaban J connectivity index is 2.90. The maximum Gasteiger partial charge on any atom is 0.243 e. The van der Waals surface area contributed by atoms with Gasteiger partial charge in [0.15, 0.2) is 5.65 Å². The average molecular weight is 168 g/mol. The predicted octanol–water partition coefficient (Wildman–Crippen LogP) is 1.69. The number of aromatic nitrogens is 3. The van der Waals surface area contributed by atoms with Gasteiger partial charge < -0.3 is 0 Å². The number of hydrogen-bond donors (Lipinski definition) is 0. The van der Waals surface area contributed by atoms with Gasteiger partial charge in [-0.05, 0) is 30.7 Å². The molecule has 0 aliphatic rings. The Morgan fingerprint density at radius 3 is 3.00 bits per heavy atom. The molecule has 0 fully saturated rings. The quantitative estimate of drug-likeness (QED) is 0.598. The average Bonchev–Trinajstić information content (AvgIpc) is 2.31. The van der Waals surface area contributed by atoms with Crippen molar-refractivity contribution in [1.29, 1.82) is 0 Å². The van der Waals surface area contributed by atoms with E-state index >= 15 is 0 Å². The van der Waals surface area contributed by atoms with Crippen molar-refractivity contribution in [3.63, 3.8) is 0 Å². The number of aryl methyl sites for hydroxylation is 1. The number of fused-ring (bicyclic) bond motifs is 1. The van der Waals surface area contributed by atoms with Gasteiger partial charge >= 0.3 is 0 Å². The van der Waals surface area contributed by atoms with Gasteiger partial charge in [0.25, 0.3) is 0 Å². The molecule has 0 atom stereocenters. The van der Waals surface area contributed by atoms with E-state index in [0.29, 0.717) is 5.28 Å². The van der Waals surface area contributed by atoms with Gasteiger partial charge in [-0.25, -0.2) is 4.52 Å². The van der Waals surface area contributed by atoms with Crippen LogP contribution in [0.1, 0.15) is 5.69 Å². The summed E-state index contributed by atoms with van der Waals surface area (Å²) in [4.78, 5) is 3.99. The Kier molecular flexibility index (Phi) is 1.32. The molecule has 0 aliphatic carbocycles. The van der Waals surface area contributed by atoms with Crippen molar-refractivity contribution in [3.8, 4) is 0 Å². The van der Waals surface area contributed by atoms with Gasteiger partial charge in [-0.1, -0.05) is 6.07 Å². The van der Waals surface area contributed by atoms with Crippen molar-refractivity contribution in [3.05, 3.63) is 29.2 Å². The standard InChI is InChI=1S/C7H6ClN3/c1-5-3-2-4-6-9-7(8)10-11(5)6/h2-4H,1H3. The highest BCUT2D eigenvalue weighted by molar-refractivity contribution is 6.28. The van der Waals surface area contributed by atoms with Crippen molar-refractivity contribution in [2.45, 2.75) is 6.92 Å². The third-order valence-corrected chi connectivity index (χ3v) is 1.68. The van der Waals surface area contributed by atoms with Crippen LogP contribution in [0.15, 0.2) is 18.2 Å². The van der Waals surface area contributed by atoms with Gasteiger partial charge in [-0.2, -0.15) is 4.98 Å². The Bertz CT molecular complexity index is 393. The van der Waals surface area contributed by atoms with Crippen LogP contribution >= 0.6 is 11.6 Å². The van der Waals surface area contributed by atoms with Crippen molar-refractivity contribution in [1.82, 2.24) is 14.6 Å². The monoisotopic (exact) mass is 167 g/mol. The molecule has 0 saturated heterocycles. The maximum atomic E-state index is 5.61. The Morgan fingerprint density at radius 2 is 2.27 bits per heavy atom. The smallest absolute Gasteiger partial charge is 0.217 e. The molecule has 0 N–H and O–H groups in total. The second-order valence-electron chi connectivity index (χ2n) is 2.32. The van der Waals surface area contributed by atoms with Gasteiger partial charge in [0, 0.05) is 5.69 Å². The normalized spacial score (nSPS) is 10.7. The molecule has 56 valence electrons. The van der Waals surface area contributed by atoms with Gasteiger partial charge in [0.05, 0.1) is 0 Å². The van der Waals surface area contributed by atoms with E-state index in [2.05, 4.69) is 10.1 Å². The van der Waals surface area contributed by atoms with Gasteiger partial charge in [0.1, 0.15) is 0 Å². The largest absolute Gasteiger partial charge is 0.243 e. The predicted molar refractivity (Wildman–Crippen MR) is 42.7 cm³/mol. The van der Waals surface area contributed by atoms with Crippen molar-refractivity contribution >= 4 is 17.2 Å². The first-order valence-corrected chi connectivity index (χ1v) is 3.63. The minimum Gasteiger partial charge on any atom is -0.217 e. The SMILES string of the molecule is Cc1cccc2nc(Cl)nn12. The molecule has 0 radical (unpaired) electrons. The fourth-order valence-electron chi connectivity index (χ4n) is 1.01. The summed E-state index contributed by atoms with van der Waals surface area (Å²) in [6.45, 7) is 1.96. The molecule has 3 nitrogen and oxygen atoms in total. The molecule has 11 heavy (non-hydrogen) atoms. The summed E-state index contributed by atoms with van der Waals surface area (Å²) >= 11 is 5.61. The van der Waals surface area contributed by atoms with E-state index in [4.69, 9.17) is 11.6 Å². The molecule has 0 spiro atoms. The fourth-order valence-corrected chi connectivity index (χ4v) is 1.17. The van der Waals surface area contributed by atoms with Crippen LogP contribution < -0.4 is 0 Å². The highest BCUT2D eigenvalue weighted by atomic mass is 35.5. The van der Waals surface area contributed by atoms with Crippen molar-refractivity contribution in [2.24, 2.45) is 0 Å². The lowest BCUT2D eigenvalue weighted by Crippen LogP contribution is -1.91. The number of hydrogen-bond acceptors (Lipinski definition) is 2. The lowest BCUT2D eigenvalue weighted by Gasteiger charge is -1.93. The third kappa shape index (κ3) is 0.973. The van der Waals surface area contributed by atoms with Crippen LogP contribution in [0.2, 0.25) is 5.28 Å². The topological polar surface area (TPSA) is 30.2 Å². The van der Waals surface area contributed by atoms with Crippen LogP contribution in [0, 0.1) is 6.92 Å². The molecular formula is C7H6ClN3. The molecule has 0 bridgehead atoms. The minimum absolute atomic E-state index is 0.291. The maximum absolute atomic E-state index is 5.61. The molecule has 2 aromatic heterocycles. The van der Waals surface area contributed by atoms with E-state index in [1.54, 1.807) is 4.52 Å². The molecule has 0 amide bonds. The van der Waals surface area contributed by atoms with E-state index in [1.807, 2.05) is 25.1 Å². The van der Waals surface area contributed by atoms with Crippen LogP contribution in [0.4, 0.5) is 0 Å². The molecular weight excluding hydrogens is 162 g/mol. The van der Waals surface area contributed by atoms with Crippen LogP contribution in [-0.4, -0.2) is 14.6 Å². The molecule has 0 saturated carbocycles. The fraction of sp³-hybridized carbons (Fsp3) is 0.143. The lowest BCUT2D eigenvalue weighted by molar-refractivity contribution is 0.915. The number of nitrogens with zero attached hydrogens (tertiary/aromatic N) is 3. The van der Waals surface area contributed by atoms with E-state index in [-0.39, 0.29) is 0 Å². The zero-order valence-corrected chi connectivity index (χ0v) is 6.71. The van der Waals surface area contributed by atoms with Crippen molar-refractivity contribution < 1.29 is 0 Å². The van der Waals surface area contributed by atoms with E-state index in [9.17, 15) is 0 Å². The molecule has 0 unspecified atom stereocenters.